The van der Waals surface area contributed by atoms with Gasteiger partial charge >= 0.3 is 0 Å². The van der Waals surface area contributed by atoms with E-state index in [-0.39, 0.29) is 0 Å². The van der Waals surface area contributed by atoms with E-state index in [9.17, 15) is 0 Å². The molecule has 0 atom stereocenters. The molecule has 0 saturated heterocycles. The van der Waals surface area contributed by atoms with Gasteiger partial charge in [-0.3, -0.25) is 0 Å². The number of hydrogen-bond acceptors (Lipinski definition) is 3. The van der Waals surface area contributed by atoms with Crippen molar-refractivity contribution in [2.24, 2.45) is 0 Å². The van der Waals surface area contributed by atoms with E-state index in [1.807, 2.05) is 0 Å². The standard InChI is InChI=1S/C17H17NOS/c1-19-12-14-4-2-13(3-5-14)11-18-16-6-7-17-15(10-16)8-9-20-17/h2-10,18H,11-12H2,1H3. The second-order valence-electron chi connectivity index (χ2n) is 4.78. The average molecular weight is 283 g/mol. The summed E-state index contributed by atoms with van der Waals surface area (Å²) in [5, 5.41) is 6.90. The zero-order valence-electron chi connectivity index (χ0n) is 11.4. The van der Waals surface area contributed by atoms with E-state index in [0.717, 1.165) is 12.2 Å². The minimum atomic E-state index is 0.669. The van der Waals surface area contributed by atoms with Crippen LogP contribution in [0.15, 0.2) is 53.9 Å². The lowest BCUT2D eigenvalue weighted by atomic mass is 10.1. The highest BCUT2D eigenvalue weighted by molar-refractivity contribution is 7.17. The molecule has 0 spiro atoms. The number of benzene rings is 2. The van der Waals surface area contributed by atoms with Crippen molar-refractivity contribution in [1.82, 2.24) is 0 Å². The fourth-order valence-electron chi connectivity index (χ4n) is 2.20. The summed E-state index contributed by atoms with van der Waals surface area (Å²) >= 11 is 1.78. The van der Waals surface area contributed by atoms with Gasteiger partial charge in [0.2, 0.25) is 0 Å². The lowest BCUT2D eigenvalue weighted by Crippen LogP contribution is -1.99. The maximum absolute atomic E-state index is 5.12. The van der Waals surface area contributed by atoms with Crippen LogP contribution < -0.4 is 5.32 Å². The van der Waals surface area contributed by atoms with Gasteiger partial charge in [0.15, 0.2) is 0 Å². The second-order valence-corrected chi connectivity index (χ2v) is 5.72. The number of hydrogen-bond donors (Lipinski definition) is 1. The van der Waals surface area contributed by atoms with Gasteiger partial charge < -0.3 is 10.1 Å². The third kappa shape index (κ3) is 3.00. The van der Waals surface area contributed by atoms with Crippen LogP contribution >= 0.6 is 11.3 Å². The minimum absolute atomic E-state index is 0.669. The molecule has 0 aliphatic carbocycles. The van der Waals surface area contributed by atoms with E-state index >= 15 is 0 Å². The van der Waals surface area contributed by atoms with Gasteiger partial charge in [0.1, 0.15) is 0 Å². The van der Waals surface area contributed by atoms with Gasteiger partial charge in [-0.15, -0.1) is 11.3 Å². The normalized spacial score (nSPS) is 10.8. The molecule has 2 aromatic carbocycles. The Bertz CT molecular complexity index is 688. The Hall–Kier alpha value is -1.84. The van der Waals surface area contributed by atoms with Crippen molar-refractivity contribution in [3.05, 3.63) is 65.0 Å². The molecule has 0 amide bonds. The first-order valence-corrected chi connectivity index (χ1v) is 7.51. The van der Waals surface area contributed by atoms with E-state index in [4.69, 9.17) is 4.74 Å². The van der Waals surface area contributed by atoms with Crippen LogP contribution in [0.25, 0.3) is 10.1 Å². The fourth-order valence-corrected chi connectivity index (χ4v) is 2.97. The molecule has 2 nitrogen and oxygen atoms in total. The van der Waals surface area contributed by atoms with Gasteiger partial charge in [-0.2, -0.15) is 0 Å². The van der Waals surface area contributed by atoms with Gasteiger partial charge in [0, 0.05) is 24.0 Å². The van der Waals surface area contributed by atoms with Crippen LogP contribution in [-0.4, -0.2) is 7.11 Å². The zero-order chi connectivity index (χ0) is 13.8. The van der Waals surface area contributed by atoms with Gasteiger partial charge in [0.05, 0.1) is 6.61 Å². The molecule has 0 fully saturated rings. The van der Waals surface area contributed by atoms with Crippen molar-refractivity contribution in [3.8, 4) is 0 Å². The topological polar surface area (TPSA) is 21.3 Å². The quantitative estimate of drug-likeness (QED) is 0.735. The summed E-state index contributed by atoms with van der Waals surface area (Å²) in [7, 11) is 1.72. The molecule has 3 heteroatoms. The van der Waals surface area contributed by atoms with E-state index in [0.29, 0.717) is 6.61 Å². The molecule has 1 heterocycles. The number of rotatable bonds is 5. The van der Waals surface area contributed by atoms with Crippen molar-refractivity contribution < 1.29 is 4.74 Å². The molecule has 3 rings (SSSR count). The SMILES string of the molecule is COCc1ccc(CNc2ccc3sccc3c2)cc1. The number of ether oxygens (including phenoxy) is 1. The highest BCUT2D eigenvalue weighted by atomic mass is 32.1. The van der Waals surface area contributed by atoms with E-state index in [1.54, 1.807) is 18.4 Å². The number of anilines is 1. The van der Waals surface area contributed by atoms with Crippen molar-refractivity contribution >= 4 is 27.1 Å². The van der Waals surface area contributed by atoms with E-state index in [2.05, 4.69) is 59.2 Å². The van der Waals surface area contributed by atoms with Crippen LogP contribution in [0.3, 0.4) is 0 Å². The van der Waals surface area contributed by atoms with Crippen LogP contribution in [0.2, 0.25) is 0 Å². The first-order chi connectivity index (χ1) is 9.85. The van der Waals surface area contributed by atoms with Gasteiger partial charge in [-0.25, -0.2) is 0 Å². The summed E-state index contributed by atoms with van der Waals surface area (Å²) in [6, 6.07) is 17.2. The number of thiophene rings is 1. The molecule has 1 aromatic heterocycles. The Balaban J connectivity index is 1.66. The van der Waals surface area contributed by atoms with Crippen molar-refractivity contribution in [1.29, 1.82) is 0 Å². The lowest BCUT2D eigenvalue weighted by molar-refractivity contribution is 0.185. The van der Waals surface area contributed by atoms with Crippen molar-refractivity contribution in [2.45, 2.75) is 13.2 Å². The van der Waals surface area contributed by atoms with Crippen LogP contribution in [0.5, 0.6) is 0 Å². The Morgan fingerprint density at radius 3 is 2.60 bits per heavy atom. The number of fused-ring (bicyclic) bond motifs is 1. The summed E-state index contributed by atoms with van der Waals surface area (Å²) in [5.41, 5.74) is 3.64. The zero-order valence-corrected chi connectivity index (χ0v) is 12.2. The third-order valence-electron chi connectivity index (χ3n) is 3.28. The molecule has 1 N–H and O–H groups in total. The molecule has 0 radical (unpaired) electrons. The summed E-state index contributed by atoms with van der Waals surface area (Å²) in [6.45, 7) is 1.51. The molecular formula is C17H17NOS. The second kappa shape index (κ2) is 6.07. The van der Waals surface area contributed by atoms with Crippen LogP contribution in [0.4, 0.5) is 5.69 Å². The molecular weight excluding hydrogens is 266 g/mol. The van der Waals surface area contributed by atoms with E-state index in [1.165, 1.54) is 21.2 Å². The first kappa shape index (κ1) is 13.2. The molecule has 102 valence electrons. The monoisotopic (exact) mass is 283 g/mol. The fraction of sp³-hybridized carbons (Fsp3) is 0.176. The van der Waals surface area contributed by atoms with Crippen LogP contribution in [0.1, 0.15) is 11.1 Å². The predicted molar refractivity (Wildman–Crippen MR) is 86.3 cm³/mol. The maximum atomic E-state index is 5.12. The highest BCUT2D eigenvalue weighted by Crippen LogP contribution is 2.24. The Morgan fingerprint density at radius 2 is 1.80 bits per heavy atom. The molecule has 0 aliphatic heterocycles. The highest BCUT2D eigenvalue weighted by Gasteiger charge is 1.98. The van der Waals surface area contributed by atoms with Gasteiger partial charge in [-0.05, 0) is 46.2 Å². The summed E-state index contributed by atoms with van der Waals surface area (Å²) < 4.78 is 6.45. The number of nitrogens with one attached hydrogen (secondary N) is 1. The molecule has 0 bridgehead atoms. The Labute approximate surface area is 123 Å². The third-order valence-corrected chi connectivity index (χ3v) is 4.18. The minimum Gasteiger partial charge on any atom is -0.381 e. The van der Waals surface area contributed by atoms with Crippen LogP contribution in [0, 0.1) is 0 Å². The molecule has 0 saturated carbocycles. The lowest BCUT2D eigenvalue weighted by Gasteiger charge is -2.07. The molecule has 0 unspecified atom stereocenters. The average Bonchev–Trinajstić information content (AvgIpc) is 2.94. The first-order valence-electron chi connectivity index (χ1n) is 6.63. The Kier molecular flexibility index (Phi) is 4.00. The molecule has 3 aromatic rings. The maximum Gasteiger partial charge on any atom is 0.0713 e. The van der Waals surface area contributed by atoms with E-state index < -0.39 is 0 Å². The Morgan fingerprint density at radius 1 is 1.00 bits per heavy atom. The summed E-state index contributed by atoms with van der Waals surface area (Å²) in [4.78, 5) is 0. The summed E-state index contributed by atoms with van der Waals surface area (Å²) in [5.74, 6) is 0. The number of methoxy groups -OCH3 is 1. The van der Waals surface area contributed by atoms with Gasteiger partial charge in [0.25, 0.3) is 0 Å². The largest absolute Gasteiger partial charge is 0.381 e. The smallest absolute Gasteiger partial charge is 0.0713 e. The van der Waals surface area contributed by atoms with Crippen molar-refractivity contribution in [3.63, 3.8) is 0 Å². The predicted octanol–water partition coefficient (Wildman–Crippen LogP) is 4.66. The van der Waals surface area contributed by atoms with Crippen LogP contribution in [-0.2, 0) is 17.9 Å². The molecule has 0 aliphatic rings. The molecule has 20 heavy (non-hydrogen) atoms. The summed E-state index contributed by atoms with van der Waals surface area (Å²) in [6.07, 6.45) is 0. The van der Waals surface area contributed by atoms with Crippen molar-refractivity contribution in [2.75, 3.05) is 12.4 Å². The van der Waals surface area contributed by atoms with Gasteiger partial charge in [-0.1, -0.05) is 24.3 Å².